The second-order valence-electron chi connectivity index (χ2n) is 5.22. The molecule has 2 rings (SSSR count). The molecule has 1 aromatic carbocycles. The maximum atomic E-state index is 12.1. The van der Waals surface area contributed by atoms with Crippen molar-refractivity contribution in [2.24, 2.45) is 11.7 Å². The molecule has 1 amide bonds. The molecule has 1 heterocycles. The normalized spacial score (nSPS) is 13.7. The van der Waals surface area contributed by atoms with Gasteiger partial charge in [-0.1, -0.05) is 42.3 Å². The predicted molar refractivity (Wildman–Crippen MR) is 89.2 cm³/mol. The van der Waals surface area contributed by atoms with E-state index >= 15 is 0 Å². The molecule has 2 unspecified atom stereocenters. The van der Waals surface area contributed by atoms with Gasteiger partial charge in [-0.3, -0.25) is 4.79 Å². The third-order valence-electron chi connectivity index (χ3n) is 3.52. The van der Waals surface area contributed by atoms with Gasteiger partial charge in [0, 0.05) is 12.1 Å². The van der Waals surface area contributed by atoms with Crippen molar-refractivity contribution in [3.8, 4) is 0 Å². The smallest absolute Gasteiger partial charge is 0.229 e. The molecule has 2 aromatic rings. The van der Waals surface area contributed by atoms with Crippen LogP contribution in [0.25, 0.3) is 0 Å². The Morgan fingerprint density at radius 2 is 2.09 bits per heavy atom. The average molecular weight is 341 g/mol. The maximum absolute atomic E-state index is 12.1. The third kappa shape index (κ3) is 3.80. The molecule has 0 aliphatic carbocycles. The molecule has 7 heteroatoms. The van der Waals surface area contributed by atoms with Gasteiger partial charge in [-0.05, 0) is 18.6 Å². The zero-order chi connectivity index (χ0) is 16.3. The summed E-state index contributed by atoms with van der Waals surface area (Å²) in [6.45, 7) is 4.00. The lowest BCUT2D eigenvalue weighted by Gasteiger charge is -2.16. The van der Waals surface area contributed by atoms with Gasteiger partial charge in [0.05, 0.1) is 28.7 Å². The molecule has 3 N–H and O–H groups in total. The van der Waals surface area contributed by atoms with Gasteiger partial charge in [0.2, 0.25) is 5.91 Å². The van der Waals surface area contributed by atoms with Gasteiger partial charge in [-0.15, -0.1) is 0 Å². The van der Waals surface area contributed by atoms with Crippen LogP contribution in [-0.4, -0.2) is 21.7 Å². The Morgan fingerprint density at radius 3 is 2.77 bits per heavy atom. The van der Waals surface area contributed by atoms with Crippen LogP contribution in [0.5, 0.6) is 0 Å². The number of aromatic nitrogens is 2. The highest BCUT2D eigenvalue weighted by Gasteiger charge is 2.18. The van der Waals surface area contributed by atoms with E-state index in [1.165, 1.54) is 0 Å². The van der Waals surface area contributed by atoms with E-state index in [1.807, 2.05) is 12.1 Å². The lowest BCUT2D eigenvalue weighted by molar-refractivity contribution is -0.119. The number of rotatable bonds is 5. The number of hydrogen-bond donors (Lipinski definition) is 2. The fourth-order valence-electron chi connectivity index (χ4n) is 1.88. The Balaban J connectivity index is 2.16. The highest BCUT2D eigenvalue weighted by Crippen LogP contribution is 2.26. The third-order valence-corrected chi connectivity index (χ3v) is 4.38. The Morgan fingerprint density at radius 1 is 1.36 bits per heavy atom. The van der Waals surface area contributed by atoms with Crippen molar-refractivity contribution in [2.75, 3.05) is 5.32 Å². The van der Waals surface area contributed by atoms with Crippen molar-refractivity contribution in [2.45, 2.75) is 26.4 Å². The van der Waals surface area contributed by atoms with E-state index in [9.17, 15) is 4.79 Å². The molecule has 0 saturated heterocycles. The van der Waals surface area contributed by atoms with Crippen molar-refractivity contribution in [1.82, 2.24) is 9.78 Å². The standard InChI is InChI=1S/C15H18Cl2N4O/c1-9(10(2)18)15(22)20-13-6-7-19-21(13)8-11-4-3-5-12(16)14(11)17/h3-7,9-10H,8,18H2,1-2H3,(H,20,22). The van der Waals surface area contributed by atoms with Crippen molar-refractivity contribution >= 4 is 34.9 Å². The number of benzene rings is 1. The first-order valence-electron chi connectivity index (χ1n) is 6.91. The van der Waals surface area contributed by atoms with Crippen LogP contribution in [0.3, 0.4) is 0 Å². The van der Waals surface area contributed by atoms with Crippen molar-refractivity contribution in [3.05, 3.63) is 46.1 Å². The van der Waals surface area contributed by atoms with Crippen LogP contribution in [0.1, 0.15) is 19.4 Å². The summed E-state index contributed by atoms with van der Waals surface area (Å²) in [6, 6.07) is 6.92. The number of anilines is 1. The Bertz CT molecular complexity index is 669. The van der Waals surface area contributed by atoms with E-state index in [-0.39, 0.29) is 17.9 Å². The van der Waals surface area contributed by atoms with E-state index in [2.05, 4.69) is 10.4 Å². The summed E-state index contributed by atoms with van der Waals surface area (Å²) >= 11 is 12.2. The van der Waals surface area contributed by atoms with Crippen LogP contribution in [0, 0.1) is 5.92 Å². The van der Waals surface area contributed by atoms with E-state index < -0.39 is 0 Å². The van der Waals surface area contributed by atoms with Crippen LogP contribution in [-0.2, 0) is 11.3 Å². The van der Waals surface area contributed by atoms with Crippen molar-refractivity contribution in [3.63, 3.8) is 0 Å². The first-order chi connectivity index (χ1) is 10.4. The number of carbonyl (C=O) groups is 1. The summed E-state index contributed by atoms with van der Waals surface area (Å²) in [5.74, 6) is 0.153. The summed E-state index contributed by atoms with van der Waals surface area (Å²) < 4.78 is 1.66. The molecule has 118 valence electrons. The monoisotopic (exact) mass is 340 g/mol. The van der Waals surface area contributed by atoms with E-state index in [4.69, 9.17) is 28.9 Å². The molecular weight excluding hydrogens is 323 g/mol. The lowest BCUT2D eigenvalue weighted by atomic mass is 10.0. The van der Waals surface area contributed by atoms with Crippen LogP contribution in [0.2, 0.25) is 10.0 Å². The van der Waals surface area contributed by atoms with Gasteiger partial charge in [0.15, 0.2) is 0 Å². The molecule has 0 spiro atoms. The highest BCUT2D eigenvalue weighted by molar-refractivity contribution is 6.42. The van der Waals surface area contributed by atoms with E-state index in [0.29, 0.717) is 22.4 Å². The Labute approximate surface area is 139 Å². The van der Waals surface area contributed by atoms with Gasteiger partial charge in [0.1, 0.15) is 5.82 Å². The van der Waals surface area contributed by atoms with Crippen LogP contribution >= 0.6 is 23.2 Å². The number of amides is 1. The highest BCUT2D eigenvalue weighted by atomic mass is 35.5. The number of nitrogens with two attached hydrogens (primary N) is 1. The fraction of sp³-hybridized carbons (Fsp3) is 0.333. The number of nitrogens with zero attached hydrogens (tertiary/aromatic N) is 2. The summed E-state index contributed by atoms with van der Waals surface area (Å²) in [7, 11) is 0. The average Bonchev–Trinajstić information content (AvgIpc) is 2.90. The van der Waals surface area contributed by atoms with Gasteiger partial charge < -0.3 is 11.1 Å². The first kappa shape index (κ1) is 16.8. The maximum Gasteiger partial charge on any atom is 0.229 e. The van der Waals surface area contributed by atoms with Crippen LogP contribution in [0.15, 0.2) is 30.5 Å². The number of hydrogen-bond acceptors (Lipinski definition) is 3. The van der Waals surface area contributed by atoms with Crippen LogP contribution in [0.4, 0.5) is 5.82 Å². The zero-order valence-corrected chi connectivity index (χ0v) is 13.9. The zero-order valence-electron chi connectivity index (χ0n) is 12.4. The lowest BCUT2D eigenvalue weighted by Crippen LogP contribution is -2.34. The summed E-state index contributed by atoms with van der Waals surface area (Å²) in [5.41, 5.74) is 6.58. The van der Waals surface area contributed by atoms with Gasteiger partial charge >= 0.3 is 0 Å². The number of halogens is 2. The Hall–Kier alpha value is -1.56. The molecule has 0 radical (unpaired) electrons. The molecule has 0 fully saturated rings. The molecule has 0 aliphatic heterocycles. The molecule has 0 bridgehead atoms. The van der Waals surface area contributed by atoms with Crippen molar-refractivity contribution in [1.29, 1.82) is 0 Å². The van der Waals surface area contributed by atoms with Gasteiger partial charge in [0.25, 0.3) is 0 Å². The summed E-state index contributed by atoms with van der Waals surface area (Å²) in [5, 5.41) is 8.02. The molecule has 0 aliphatic rings. The first-order valence-corrected chi connectivity index (χ1v) is 7.67. The fourth-order valence-corrected chi connectivity index (χ4v) is 2.26. The molecular formula is C15H18Cl2N4O. The minimum absolute atomic E-state index is 0.144. The molecule has 2 atom stereocenters. The van der Waals surface area contributed by atoms with E-state index in [1.54, 1.807) is 36.9 Å². The van der Waals surface area contributed by atoms with E-state index in [0.717, 1.165) is 5.56 Å². The molecule has 0 saturated carbocycles. The molecule has 1 aromatic heterocycles. The predicted octanol–water partition coefficient (Wildman–Crippen LogP) is 3.16. The SMILES string of the molecule is CC(N)C(C)C(=O)Nc1ccnn1Cc1cccc(Cl)c1Cl. The van der Waals surface area contributed by atoms with Gasteiger partial charge in [-0.2, -0.15) is 5.10 Å². The van der Waals surface area contributed by atoms with Gasteiger partial charge in [-0.25, -0.2) is 4.68 Å². The topological polar surface area (TPSA) is 72.9 Å². The summed E-state index contributed by atoms with van der Waals surface area (Å²) in [4.78, 5) is 12.1. The number of nitrogens with one attached hydrogen (secondary N) is 1. The minimum Gasteiger partial charge on any atom is -0.327 e. The quantitative estimate of drug-likeness (QED) is 0.877. The largest absolute Gasteiger partial charge is 0.327 e. The Kier molecular flexibility index (Phi) is 5.45. The molecule has 5 nitrogen and oxygen atoms in total. The summed E-state index contributed by atoms with van der Waals surface area (Å²) in [6.07, 6.45) is 1.62. The van der Waals surface area contributed by atoms with Crippen molar-refractivity contribution < 1.29 is 4.79 Å². The second kappa shape index (κ2) is 7.13. The second-order valence-corrected chi connectivity index (χ2v) is 6.01. The van der Waals surface area contributed by atoms with Crippen LogP contribution < -0.4 is 11.1 Å². The minimum atomic E-state index is -0.293. The molecule has 22 heavy (non-hydrogen) atoms. The number of carbonyl (C=O) groups excluding carboxylic acids is 1.